The molecular weight excluding hydrogens is 480 g/mol. The van der Waals surface area contributed by atoms with Crippen molar-refractivity contribution in [3.63, 3.8) is 0 Å². The van der Waals surface area contributed by atoms with E-state index in [1.165, 1.54) is 0 Å². The molecule has 1 amide bonds. The number of carbonyl (C=O) groups excluding carboxylic acids is 1. The molecule has 4 aromatic rings. The summed E-state index contributed by atoms with van der Waals surface area (Å²) in [4.78, 5) is 24.2. The molecule has 1 aromatic carbocycles. The Kier molecular flexibility index (Phi) is 7.01. The number of amides is 1. The first-order valence-electron chi connectivity index (χ1n) is 12.4. The van der Waals surface area contributed by atoms with E-state index in [1.807, 2.05) is 60.8 Å². The Labute approximate surface area is 222 Å². The Hall–Kier alpha value is -4.04. The monoisotopic (exact) mass is 510 g/mol. The molecule has 2 N–H and O–H groups in total. The summed E-state index contributed by atoms with van der Waals surface area (Å²) in [5.74, 6) is 0.865. The van der Waals surface area contributed by atoms with Gasteiger partial charge in [-0.25, -0.2) is 4.98 Å². The van der Waals surface area contributed by atoms with Gasteiger partial charge in [0.1, 0.15) is 5.82 Å². The molecule has 0 radical (unpaired) electrons. The van der Waals surface area contributed by atoms with Crippen LogP contribution in [0.25, 0.3) is 5.82 Å². The number of aromatic nitrogens is 3. The predicted octanol–water partition coefficient (Wildman–Crippen LogP) is 5.19. The molecule has 0 bridgehead atoms. The Morgan fingerprint density at radius 3 is 2.49 bits per heavy atom. The van der Waals surface area contributed by atoms with Gasteiger partial charge >= 0.3 is 0 Å². The van der Waals surface area contributed by atoms with Crippen LogP contribution in [0.1, 0.15) is 46.7 Å². The standard InChI is InChI=1S/C29H30N6OS/c1-19-10-9-16-31-28(19)35-20(2)18-23(21(35)3)27-26(24-13-7-8-15-30-24)33-29(37)34(27)17-14-25(36)32-22-11-5-4-6-12-22/h4-13,15-16,18,26-27H,14,17H2,1-3H3,(H,32,36)(H,33,37)/t26-,27+/m1/s1. The summed E-state index contributed by atoms with van der Waals surface area (Å²) < 4.78 is 2.20. The van der Waals surface area contributed by atoms with Gasteiger partial charge in [-0.05, 0) is 80.5 Å². The quantitative estimate of drug-likeness (QED) is 0.333. The lowest BCUT2D eigenvalue weighted by molar-refractivity contribution is -0.116. The minimum atomic E-state index is -0.148. The smallest absolute Gasteiger partial charge is 0.226 e. The van der Waals surface area contributed by atoms with Crippen molar-refractivity contribution in [1.29, 1.82) is 0 Å². The van der Waals surface area contributed by atoms with Crippen LogP contribution in [0, 0.1) is 20.8 Å². The van der Waals surface area contributed by atoms with Gasteiger partial charge in [0.2, 0.25) is 5.91 Å². The van der Waals surface area contributed by atoms with Crippen LogP contribution in [0.5, 0.6) is 0 Å². The van der Waals surface area contributed by atoms with Crippen molar-refractivity contribution >= 4 is 28.9 Å². The number of rotatable bonds is 7. The molecule has 4 heterocycles. The molecule has 0 aliphatic carbocycles. The first-order valence-corrected chi connectivity index (χ1v) is 12.8. The predicted molar refractivity (Wildman–Crippen MR) is 150 cm³/mol. The number of benzene rings is 1. The highest BCUT2D eigenvalue weighted by Crippen LogP contribution is 2.41. The molecule has 1 fully saturated rings. The zero-order valence-electron chi connectivity index (χ0n) is 21.2. The molecule has 188 valence electrons. The molecule has 7 nitrogen and oxygen atoms in total. The molecule has 3 aromatic heterocycles. The van der Waals surface area contributed by atoms with Crippen molar-refractivity contribution in [3.05, 3.63) is 107 Å². The third kappa shape index (κ3) is 4.97. The van der Waals surface area contributed by atoms with Crippen LogP contribution in [0.15, 0.2) is 79.1 Å². The summed E-state index contributed by atoms with van der Waals surface area (Å²) in [7, 11) is 0. The van der Waals surface area contributed by atoms with Crippen molar-refractivity contribution in [2.75, 3.05) is 11.9 Å². The van der Waals surface area contributed by atoms with Gasteiger partial charge < -0.3 is 20.1 Å². The number of pyridine rings is 2. The van der Waals surface area contributed by atoms with E-state index < -0.39 is 0 Å². The first-order chi connectivity index (χ1) is 17.9. The van der Waals surface area contributed by atoms with E-state index in [4.69, 9.17) is 12.2 Å². The highest BCUT2D eigenvalue weighted by atomic mass is 32.1. The molecule has 0 unspecified atom stereocenters. The van der Waals surface area contributed by atoms with Crippen molar-refractivity contribution in [2.24, 2.45) is 0 Å². The van der Waals surface area contributed by atoms with Crippen molar-refractivity contribution in [2.45, 2.75) is 39.3 Å². The van der Waals surface area contributed by atoms with Gasteiger partial charge in [0.15, 0.2) is 5.11 Å². The molecule has 2 atom stereocenters. The highest BCUT2D eigenvalue weighted by molar-refractivity contribution is 7.80. The van der Waals surface area contributed by atoms with Crippen LogP contribution >= 0.6 is 12.2 Å². The van der Waals surface area contributed by atoms with Gasteiger partial charge in [0, 0.05) is 42.4 Å². The van der Waals surface area contributed by atoms with Gasteiger partial charge in [-0.2, -0.15) is 0 Å². The first kappa shape index (κ1) is 24.6. The summed E-state index contributed by atoms with van der Waals surface area (Å²) >= 11 is 5.81. The second kappa shape index (κ2) is 10.5. The number of hydrogen-bond donors (Lipinski definition) is 2. The zero-order valence-corrected chi connectivity index (χ0v) is 22.0. The molecule has 5 rings (SSSR count). The molecule has 8 heteroatoms. The van der Waals surface area contributed by atoms with E-state index >= 15 is 0 Å². The average molecular weight is 511 g/mol. The second-order valence-electron chi connectivity index (χ2n) is 9.29. The number of nitrogens with zero attached hydrogens (tertiary/aromatic N) is 4. The third-order valence-electron chi connectivity index (χ3n) is 6.82. The van der Waals surface area contributed by atoms with Crippen LogP contribution in [0.4, 0.5) is 5.69 Å². The van der Waals surface area contributed by atoms with Crippen molar-refractivity contribution in [3.8, 4) is 5.82 Å². The van der Waals surface area contributed by atoms with Gasteiger partial charge in [0.05, 0.1) is 17.8 Å². The summed E-state index contributed by atoms with van der Waals surface area (Å²) in [5, 5.41) is 7.08. The normalized spacial score (nSPS) is 17.1. The summed E-state index contributed by atoms with van der Waals surface area (Å²) in [6.07, 6.45) is 3.93. The fourth-order valence-electron chi connectivity index (χ4n) is 5.08. The fraction of sp³-hybridized carbons (Fsp3) is 0.241. The number of anilines is 1. The molecule has 0 spiro atoms. The van der Waals surface area contributed by atoms with Crippen LogP contribution < -0.4 is 10.6 Å². The maximum atomic E-state index is 12.8. The molecule has 1 aliphatic rings. The van der Waals surface area contributed by atoms with Gasteiger partial charge in [-0.3, -0.25) is 9.78 Å². The fourth-order valence-corrected chi connectivity index (χ4v) is 5.41. The highest BCUT2D eigenvalue weighted by Gasteiger charge is 2.41. The summed E-state index contributed by atoms with van der Waals surface area (Å²) in [6.45, 7) is 6.76. The number of thiocarbonyl (C=S) groups is 1. The minimum absolute atomic E-state index is 0.0522. The van der Waals surface area contributed by atoms with E-state index in [1.54, 1.807) is 6.20 Å². The molecule has 37 heavy (non-hydrogen) atoms. The van der Waals surface area contributed by atoms with E-state index in [9.17, 15) is 4.79 Å². The topological polar surface area (TPSA) is 75.1 Å². The minimum Gasteiger partial charge on any atom is -0.352 e. The molecule has 0 saturated carbocycles. The third-order valence-corrected chi connectivity index (χ3v) is 7.17. The maximum Gasteiger partial charge on any atom is 0.226 e. The van der Waals surface area contributed by atoms with E-state index in [-0.39, 0.29) is 18.0 Å². The Balaban J connectivity index is 1.49. The lowest BCUT2D eigenvalue weighted by atomic mass is 9.96. The number of hydrogen-bond acceptors (Lipinski definition) is 4. The van der Waals surface area contributed by atoms with E-state index in [0.717, 1.165) is 39.7 Å². The number of nitrogens with one attached hydrogen (secondary N) is 2. The zero-order chi connectivity index (χ0) is 25.9. The van der Waals surface area contributed by atoms with Gasteiger partial charge in [-0.1, -0.05) is 30.3 Å². The molecule has 1 saturated heterocycles. The van der Waals surface area contributed by atoms with Gasteiger partial charge in [0.25, 0.3) is 0 Å². The van der Waals surface area contributed by atoms with Crippen LogP contribution in [0.3, 0.4) is 0 Å². The van der Waals surface area contributed by atoms with Crippen molar-refractivity contribution in [1.82, 2.24) is 24.8 Å². The van der Waals surface area contributed by atoms with Crippen LogP contribution in [0.2, 0.25) is 0 Å². The molecular formula is C29H30N6OS. The van der Waals surface area contributed by atoms with Crippen LogP contribution in [-0.2, 0) is 4.79 Å². The Morgan fingerprint density at radius 1 is 1.00 bits per heavy atom. The average Bonchev–Trinajstić information content (AvgIpc) is 3.38. The summed E-state index contributed by atoms with van der Waals surface area (Å²) in [6, 6.07) is 21.4. The molecule has 1 aliphatic heterocycles. The number of para-hydroxylation sites is 1. The van der Waals surface area contributed by atoms with E-state index in [0.29, 0.717) is 18.1 Å². The van der Waals surface area contributed by atoms with Gasteiger partial charge in [-0.15, -0.1) is 0 Å². The van der Waals surface area contributed by atoms with E-state index in [2.05, 4.69) is 63.0 Å². The Morgan fingerprint density at radius 2 is 1.76 bits per heavy atom. The van der Waals surface area contributed by atoms with Crippen LogP contribution in [-0.4, -0.2) is 37.0 Å². The Bertz CT molecular complexity index is 1420. The SMILES string of the molecule is Cc1cccnc1-n1c(C)cc([C@H]2[C@@H](c3ccccn3)NC(=S)N2CCC(=O)Nc2ccccc2)c1C. The largest absolute Gasteiger partial charge is 0.352 e. The second-order valence-corrected chi connectivity index (χ2v) is 9.68. The number of carbonyl (C=O) groups is 1. The van der Waals surface area contributed by atoms with Crippen molar-refractivity contribution < 1.29 is 4.79 Å². The number of aryl methyl sites for hydroxylation is 2. The lowest BCUT2D eigenvalue weighted by Crippen LogP contribution is -2.32. The summed E-state index contributed by atoms with van der Waals surface area (Å²) in [5.41, 5.74) is 6.11. The lowest BCUT2D eigenvalue weighted by Gasteiger charge is -2.28. The maximum absolute atomic E-state index is 12.8.